The van der Waals surface area contributed by atoms with Gasteiger partial charge in [0, 0.05) is 6.54 Å². The molecule has 0 fully saturated rings. The van der Waals surface area contributed by atoms with Gasteiger partial charge >= 0.3 is 5.97 Å². The molecule has 6 nitrogen and oxygen atoms in total. The lowest BCUT2D eigenvalue weighted by Gasteiger charge is -2.13. The van der Waals surface area contributed by atoms with Crippen molar-refractivity contribution < 1.29 is 18.3 Å². The molecule has 0 saturated heterocycles. The second-order valence-corrected chi connectivity index (χ2v) is 7.31. The highest BCUT2D eigenvalue weighted by Gasteiger charge is 2.20. The smallest absolute Gasteiger partial charge is 0.337 e. The van der Waals surface area contributed by atoms with Crippen LogP contribution in [0.2, 0.25) is 5.02 Å². The van der Waals surface area contributed by atoms with Crippen LogP contribution in [0.1, 0.15) is 55.8 Å². The third-order valence-corrected chi connectivity index (χ3v) is 4.72. The summed E-state index contributed by atoms with van der Waals surface area (Å²) in [6.07, 6.45) is 6.65. The molecule has 130 valence electrons. The first-order valence-electron chi connectivity index (χ1n) is 7.61. The second kappa shape index (κ2) is 9.10. The number of carbonyl (C=O) groups is 1. The second-order valence-electron chi connectivity index (χ2n) is 5.37. The van der Waals surface area contributed by atoms with Crippen LogP contribution in [0.25, 0.3) is 0 Å². The molecule has 1 rings (SSSR count). The summed E-state index contributed by atoms with van der Waals surface area (Å²) in [5, 5.41) is 17.1. The minimum absolute atomic E-state index is 0.0321. The van der Waals surface area contributed by atoms with Gasteiger partial charge in [-0.15, -0.1) is 0 Å². The highest BCUT2D eigenvalue weighted by atomic mass is 35.5. The van der Waals surface area contributed by atoms with Crippen molar-refractivity contribution in [2.24, 2.45) is 5.14 Å². The van der Waals surface area contributed by atoms with Crippen molar-refractivity contribution >= 4 is 33.3 Å². The van der Waals surface area contributed by atoms with Crippen LogP contribution in [-0.2, 0) is 10.0 Å². The molecule has 0 atom stereocenters. The van der Waals surface area contributed by atoms with Crippen LogP contribution < -0.4 is 10.5 Å². The van der Waals surface area contributed by atoms with Crippen LogP contribution in [0.4, 0.5) is 5.69 Å². The standard InChI is InChI=1S/C15H23ClN2O4S/c1-2-3-4-5-6-7-8-18-13-10-12(16)11(15(19)20)9-14(13)23(17,21)22/h9-10,18H,2-8H2,1H3,(H,19,20)(H2,17,21,22). The average Bonchev–Trinajstić information content (AvgIpc) is 2.44. The molecule has 0 spiro atoms. The van der Waals surface area contributed by atoms with E-state index in [-0.39, 0.29) is 21.2 Å². The molecule has 23 heavy (non-hydrogen) atoms. The first-order chi connectivity index (χ1) is 10.8. The SMILES string of the molecule is CCCCCCCCNc1cc(Cl)c(C(=O)O)cc1S(N)(=O)=O. The molecule has 0 radical (unpaired) electrons. The van der Waals surface area contributed by atoms with Crippen LogP contribution in [0, 0.1) is 0 Å². The lowest BCUT2D eigenvalue weighted by molar-refractivity contribution is 0.0697. The van der Waals surface area contributed by atoms with Crippen molar-refractivity contribution in [1.82, 2.24) is 0 Å². The Morgan fingerprint density at radius 3 is 2.39 bits per heavy atom. The van der Waals surface area contributed by atoms with E-state index in [1.807, 2.05) is 0 Å². The zero-order valence-electron chi connectivity index (χ0n) is 13.1. The zero-order valence-corrected chi connectivity index (χ0v) is 14.7. The number of primary sulfonamides is 1. The third kappa shape index (κ3) is 6.37. The first kappa shape index (κ1) is 19.7. The summed E-state index contributed by atoms with van der Waals surface area (Å²) in [5.41, 5.74) is -0.0585. The van der Waals surface area contributed by atoms with Crippen LogP contribution in [-0.4, -0.2) is 26.0 Å². The molecule has 0 aliphatic rings. The van der Waals surface area contributed by atoms with Crippen LogP contribution in [0.15, 0.2) is 17.0 Å². The minimum atomic E-state index is -4.05. The van der Waals surface area contributed by atoms with Gasteiger partial charge in [0.1, 0.15) is 4.90 Å². The number of carboxylic acid groups (broad SMARTS) is 1. The molecule has 0 saturated carbocycles. The minimum Gasteiger partial charge on any atom is -0.478 e. The van der Waals surface area contributed by atoms with E-state index in [1.54, 1.807) is 0 Å². The first-order valence-corrected chi connectivity index (χ1v) is 9.53. The molecule has 0 aromatic heterocycles. The van der Waals surface area contributed by atoms with E-state index in [0.717, 1.165) is 25.3 Å². The molecule has 0 unspecified atom stereocenters. The van der Waals surface area contributed by atoms with Crippen molar-refractivity contribution in [3.63, 3.8) is 0 Å². The van der Waals surface area contributed by atoms with E-state index in [0.29, 0.717) is 6.54 Å². The Morgan fingerprint density at radius 1 is 1.22 bits per heavy atom. The number of sulfonamides is 1. The number of carboxylic acids is 1. The van der Waals surface area contributed by atoms with E-state index in [9.17, 15) is 13.2 Å². The largest absolute Gasteiger partial charge is 0.478 e. The fourth-order valence-electron chi connectivity index (χ4n) is 2.22. The molecule has 0 bridgehead atoms. The maximum absolute atomic E-state index is 11.6. The highest BCUT2D eigenvalue weighted by Crippen LogP contribution is 2.28. The van der Waals surface area contributed by atoms with E-state index in [4.69, 9.17) is 21.8 Å². The number of hydrogen-bond acceptors (Lipinski definition) is 4. The number of aromatic carboxylic acids is 1. The van der Waals surface area contributed by atoms with Gasteiger partial charge in [0.25, 0.3) is 0 Å². The molecule has 0 aliphatic heterocycles. The van der Waals surface area contributed by atoms with Crippen molar-refractivity contribution in [1.29, 1.82) is 0 Å². The van der Waals surface area contributed by atoms with Crippen molar-refractivity contribution in [2.45, 2.75) is 50.3 Å². The fraction of sp³-hybridized carbons (Fsp3) is 0.533. The Hall–Kier alpha value is -1.31. The van der Waals surface area contributed by atoms with Crippen molar-refractivity contribution in [2.75, 3.05) is 11.9 Å². The molecule has 1 aromatic carbocycles. The molecule has 1 aromatic rings. The Bertz CT molecular complexity index is 647. The summed E-state index contributed by atoms with van der Waals surface area (Å²) in [4.78, 5) is 10.8. The normalized spacial score (nSPS) is 11.4. The van der Waals surface area contributed by atoms with Crippen LogP contribution in [0.3, 0.4) is 0 Å². The zero-order chi connectivity index (χ0) is 17.5. The lowest BCUT2D eigenvalue weighted by Crippen LogP contribution is -2.17. The van der Waals surface area contributed by atoms with Gasteiger partial charge in [-0.25, -0.2) is 18.4 Å². The monoisotopic (exact) mass is 362 g/mol. The number of halogens is 1. The Morgan fingerprint density at radius 2 is 1.83 bits per heavy atom. The predicted octanol–water partition coefficient (Wildman–Crippen LogP) is 3.46. The molecule has 4 N–H and O–H groups in total. The number of hydrogen-bond donors (Lipinski definition) is 3. The molecular weight excluding hydrogens is 340 g/mol. The fourth-order valence-corrected chi connectivity index (χ4v) is 3.18. The number of anilines is 1. The van der Waals surface area contributed by atoms with Gasteiger partial charge in [-0.3, -0.25) is 0 Å². The Balaban J connectivity index is 2.78. The molecule has 8 heteroatoms. The highest BCUT2D eigenvalue weighted by molar-refractivity contribution is 7.89. The average molecular weight is 363 g/mol. The summed E-state index contributed by atoms with van der Waals surface area (Å²) < 4.78 is 23.3. The van der Waals surface area contributed by atoms with Crippen molar-refractivity contribution in [3.05, 3.63) is 22.7 Å². The number of nitrogens with one attached hydrogen (secondary N) is 1. The molecule has 0 aliphatic carbocycles. The van der Waals surface area contributed by atoms with Gasteiger partial charge in [-0.2, -0.15) is 0 Å². The van der Waals surface area contributed by atoms with Crippen molar-refractivity contribution in [3.8, 4) is 0 Å². The summed E-state index contributed by atoms with van der Waals surface area (Å²) in [6, 6.07) is 2.28. The van der Waals surface area contributed by atoms with E-state index in [1.165, 1.54) is 25.3 Å². The lowest BCUT2D eigenvalue weighted by atomic mass is 10.1. The topological polar surface area (TPSA) is 109 Å². The van der Waals surface area contributed by atoms with Crippen LogP contribution >= 0.6 is 11.6 Å². The van der Waals surface area contributed by atoms with E-state index >= 15 is 0 Å². The summed E-state index contributed by atoms with van der Waals surface area (Å²) in [6.45, 7) is 2.72. The van der Waals surface area contributed by atoms with Gasteiger partial charge in [0.05, 0.1) is 16.3 Å². The summed E-state index contributed by atoms with van der Waals surface area (Å²) in [5.74, 6) is -1.30. The van der Waals surface area contributed by atoms with Crippen LogP contribution in [0.5, 0.6) is 0 Å². The number of nitrogens with two attached hydrogens (primary N) is 1. The molecule has 0 amide bonds. The summed E-state index contributed by atoms with van der Waals surface area (Å²) in [7, 11) is -4.05. The maximum Gasteiger partial charge on any atom is 0.337 e. The number of unbranched alkanes of at least 4 members (excludes halogenated alkanes) is 5. The van der Waals surface area contributed by atoms with Gasteiger partial charge in [0.2, 0.25) is 10.0 Å². The molecular formula is C15H23ClN2O4S. The summed E-state index contributed by atoms with van der Waals surface area (Å²) >= 11 is 5.89. The maximum atomic E-state index is 11.6. The number of benzene rings is 1. The van der Waals surface area contributed by atoms with Gasteiger partial charge in [-0.1, -0.05) is 50.6 Å². The van der Waals surface area contributed by atoms with Gasteiger partial charge in [-0.05, 0) is 18.6 Å². The Kier molecular flexibility index (Phi) is 7.81. The quantitative estimate of drug-likeness (QED) is 0.552. The van der Waals surface area contributed by atoms with E-state index in [2.05, 4.69) is 12.2 Å². The Labute approximate surface area is 142 Å². The predicted molar refractivity (Wildman–Crippen MR) is 91.7 cm³/mol. The van der Waals surface area contributed by atoms with Gasteiger partial charge < -0.3 is 10.4 Å². The van der Waals surface area contributed by atoms with E-state index < -0.39 is 16.0 Å². The molecule has 0 heterocycles. The van der Waals surface area contributed by atoms with Gasteiger partial charge in [0.15, 0.2) is 0 Å². The number of rotatable bonds is 10. The third-order valence-electron chi connectivity index (χ3n) is 3.45.